The first-order chi connectivity index (χ1) is 17.5. The first-order valence-corrected chi connectivity index (χ1v) is 12.3. The number of thiophene rings is 1. The van der Waals surface area contributed by atoms with Gasteiger partial charge >= 0.3 is 5.97 Å². The second-order valence-corrected chi connectivity index (χ2v) is 9.27. The van der Waals surface area contributed by atoms with E-state index in [1.54, 1.807) is 33.4 Å². The molecule has 0 atom stereocenters. The van der Waals surface area contributed by atoms with Gasteiger partial charge in [-0.3, -0.25) is 18.8 Å². The van der Waals surface area contributed by atoms with Gasteiger partial charge in [0, 0.05) is 24.8 Å². The van der Waals surface area contributed by atoms with Crippen molar-refractivity contribution in [3.8, 4) is 5.75 Å². The molecule has 0 bridgehead atoms. The number of hydrogen-bond acceptors (Lipinski definition) is 7. The highest BCUT2D eigenvalue weighted by molar-refractivity contribution is 7.17. The van der Waals surface area contributed by atoms with Gasteiger partial charge in [0.05, 0.1) is 36.2 Å². The molecule has 1 saturated heterocycles. The highest BCUT2D eigenvalue weighted by atomic mass is 32.1. The van der Waals surface area contributed by atoms with E-state index in [1.165, 1.54) is 15.9 Å². The van der Waals surface area contributed by atoms with E-state index < -0.39 is 11.5 Å². The monoisotopic (exact) mass is 508 g/mol. The third kappa shape index (κ3) is 4.88. The van der Waals surface area contributed by atoms with Crippen LogP contribution in [0.15, 0.2) is 59.0 Å². The van der Waals surface area contributed by atoms with Crippen molar-refractivity contribution in [2.75, 3.05) is 26.3 Å². The molecule has 11 heteroatoms. The van der Waals surface area contributed by atoms with Crippen LogP contribution in [0.2, 0.25) is 0 Å². The van der Waals surface area contributed by atoms with Crippen molar-refractivity contribution in [1.82, 2.24) is 19.2 Å². The van der Waals surface area contributed by atoms with Gasteiger partial charge in [-0.1, -0.05) is 30.3 Å². The lowest BCUT2D eigenvalue weighted by molar-refractivity contribution is -0.136. The SMILES string of the molecule is O=C(O)c1c(OCc2ccccc2)c(=O)n(Cc2cnn(CC(=O)N3CCOCC3)c2)c2ccsc12. The van der Waals surface area contributed by atoms with E-state index in [9.17, 15) is 19.5 Å². The molecule has 5 rings (SSSR count). The van der Waals surface area contributed by atoms with Crippen molar-refractivity contribution in [2.24, 2.45) is 0 Å². The molecule has 186 valence electrons. The lowest BCUT2D eigenvalue weighted by Crippen LogP contribution is -2.42. The lowest BCUT2D eigenvalue weighted by Gasteiger charge is -2.26. The van der Waals surface area contributed by atoms with Gasteiger partial charge in [-0.15, -0.1) is 11.3 Å². The van der Waals surface area contributed by atoms with Crippen molar-refractivity contribution in [1.29, 1.82) is 0 Å². The summed E-state index contributed by atoms with van der Waals surface area (Å²) in [6.07, 6.45) is 3.32. The van der Waals surface area contributed by atoms with Crippen molar-refractivity contribution in [2.45, 2.75) is 19.7 Å². The highest BCUT2D eigenvalue weighted by Gasteiger charge is 2.25. The molecule has 1 fully saturated rings. The van der Waals surface area contributed by atoms with E-state index in [2.05, 4.69) is 5.10 Å². The number of aromatic carboxylic acids is 1. The quantitative estimate of drug-likeness (QED) is 0.389. The number of pyridine rings is 1. The zero-order valence-corrected chi connectivity index (χ0v) is 20.1. The molecule has 1 aromatic carbocycles. The number of benzene rings is 1. The zero-order valence-electron chi connectivity index (χ0n) is 19.3. The van der Waals surface area contributed by atoms with Gasteiger partial charge in [-0.2, -0.15) is 5.10 Å². The summed E-state index contributed by atoms with van der Waals surface area (Å²) in [7, 11) is 0. The summed E-state index contributed by atoms with van der Waals surface area (Å²) in [4.78, 5) is 39.9. The number of hydrogen-bond donors (Lipinski definition) is 1. The summed E-state index contributed by atoms with van der Waals surface area (Å²) in [6, 6.07) is 11.0. The number of carbonyl (C=O) groups is 2. The number of nitrogens with zero attached hydrogens (tertiary/aromatic N) is 4. The van der Waals surface area contributed by atoms with Crippen LogP contribution in [0.4, 0.5) is 0 Å². The molecule has 10 nitrogen and oxygen atoms in total. The number of rotatable bonds is 8. The first-order valence-electron chi connectivity index (χ1n) is 11.4. The molecular weight excluding hydrogens is 484 g/mol. The van der Waals surface area contributed by atoms with Gasteiger partial charge in [0.15, 0.2) is 0 Å². The molecule has 4 aromatic rings. The Bertz CT molecular complexity index is 1450. The standard InChI is InChI=1S/C25H24N4O6S/c30-20(27-7-9-34-10-8-27)15-28-13-18(12-26-28)14-29-19-6-11-36-23(19)21(25(32)33)22(24(29)31)35-16-17-4-2-1-3-5-17/h1-6,11-13H,7-10,14-16H2,(H,32,33). The molecule has 0 unspecified atom stereocenters. The molecule has 0 radical (unpaired) electrons. The Morgan fingerprint density at radius 2 is 1.89 bits per heavy atom. The molecule has 36 heavy (non-hydrogen) atoms. The molecule has 1 amide bonds. The topological polar surface area (TPSA) is 116 Å². The van der Waals surface area contributed by atoms with E-state index in [4.69, 9.17) is 9.47 Å². The first kappa shape index (κ1) is 23.8. The minimum absolute atomic E-state index is 0.0484. The van der Waals surface area contributed by atoms with Crippen molar-refractivity contribution in [3.63, 3.8) is 0 Å². The Morgan fingerprint density at radius 1 is 1.11 bits per heavy atom. The van der Waals surface area contributed by atoms with Crippen molar-refractivity contribution in [3.05, 3.63) is 81.2 Å². The van der Waals surface area contributed by atoms with E-state index in [0.29, 0.717) is 42.1 Å². The molecule has 0 spiro atoms. The van der Waals surface area contributed by atoms with Crippen LogP contribution in [0.1, 0.15) is 21.5 Å². The maximum Gasteiger partial charge on any atom is 0.341 e. The average Bonchev–Trinajstić information content (AvgIpc) is 3.55. The van der Waals surface area contributed by atoms with Crippen LogP contribution in [0.25, 0.3) is 10.2 Å². The average molecular weight is 509 g/mol. The van der Waals surface area contributed by atoms with Gasteiger partial charge in [0.1, 0.15) is 18.7 Å². The molecule has 1 aliphatic rings. The Labute approximate surface area is 209 Å². The molecule has 3 aromatic heterocycles. The number of carboxylic acid groups (broad SMARTS) is 1. The molecule has 1 N–H and O–H groups in total. The zero-order chi connectivity index (χ0) is 25.1. The Morgan fingerprint density at radius 3 is 2.64 bits per heavy atom. The third-order valence-corrected chi connectivity index (χ3v) is 6.88. The van der Waals surface area contributed by atoms with Gasteiger partial charge < -0.3 is 19.5 Å². The Hall–Kier alpha value is -3.96. The number of fused-ring (bicyclic) bond motifs is 1. The largest absolute Gasteiger partial charge is 0.482 e. The fraction of sp³-hybridized carbons (Fsp3) is 0.280. The van der Waals surface area contributed by atoms with E-state index >= 15 is 0 Å². The minimum Gasteiger partial charge on any atom is -0.482 e. The summed E-state index contributed by atoms with van der Waals surface area (Å²) in [6.45, 7) is 2.47. The number of carboxylic acids is 1. The number of aromatic nitrogens is 3. The lowest BCUT2D eigenvalue weighted by atomic mass is 10.2. The second-order valence-electron chi connectivity index (χ2n) is 8.35. The fourth-order valence-electron chi connectivity index (χ4n) is 4.17. The normalized spacial score (nSPS) is 13.7. The summed E-state index contributed by atoms with van der Waals surface area (Å²) in [5, 5.41) is 15.9. The van der Waals surface area contributed by atoms with Crippen LogP contribution in [-0.2, 0) is 29.2 Å². The van der Waals surface area contributed by atoms with Crippen LogP contribution in [0.3, 0.4) is 0 Å². The Kier molecular flexibility index (Phi) is 6.83. The number of ether oxygens (including phenoxy) is 2. The molecule has 0 saturated carbocycles. The van der Waals surface area contributed by atoms with E-state index in [-0.39, 0.29) is 36.9 Å². The second kappa shape index (κ2) is 10.3. The number of carbonyl (C=O) groups excluding carboxylic acids is 1. The molecule has 0 aliphatic carbocycles. The summed E-state index contributed by atoms with van der Waals surface area (Å²) in [5.74, 6) is -1.46. The Balaban J connectivity index is 1.43. The van der Waals surface area contributed by atoms with Crippen molar-refractivity contribution < 1.29 is 24.2 Å². The van der Waals surface area contributed by atoms with Gasteiger partial charge in [0.25, 0.3) is 5.56 Å². The van der Waals surface area contributed by atoms with Crippen LogP contribution in [-0.4, -0.2) is 62.5 Å². The maximum absolute atomic E-state index is 13.5. The van der Waals surface area contributed by atoms with Crippen LogP contribution >= 0.6 is 11.3 Å². The minimum atomic E-state index is -1.22. The maximum atomic E-state index is 13.5. The van der Waals surface area contributed by atoms with Gasteiger partial charge in [-0.25, -0.2) is 4.79 Å². The van der Waals surface area contributed by atoms with Crippen LogP contribution < -0.4 is 10.3 Å². The third-order valence-electron chi connectivity index (χ3n) is 5.96. The van der Waals surface area contributed by atoms with E-state index in [1.807, 2.05) is 30.3 Å². The number of morpholine rings is 1. The summed E-state index contributed by atoms with van der Waals surface area (Å²) < 4.78 is 14.6. The van der Waals surface area contributed by atoms with Crippen LogP contribution in [0, 0.1) is 0 Å². The van der Waals surface area contributed by atoms with Crippen molar-refractivity contribution >= 4 is 33.4 Å². The summed E-state index contributed by atoms with van der Waals surface area (Å²) >= 11 is 1.24. The number of amides is 1. The predicted octanol–water partition coefficient (Wildman–Crippen LogP) is 2.44. The van der Waals surface area contributed by atoms with Gasteiger partial charge in [-0.05, 0) is 17.0 Å². The summed E-state index contributed by atoms with van der Waals surface area (Å²) in [5.41, 5.74) is 1.36. The van der Waals surface area contributed by atoms with E-state index in [0.717, 1.165) is 5.56 Å². The molecule has 1 aliphatic heterocycles. The smallest absolute Gasteiger partial charge is 0.341 e. The highest BCUT2D eigenvalue weighted by Crippen LogP contribution is 2.30. The van der Waals surface area contributed by atoms with Gasteiger partial charge in [0.2, 0.25) is 11.7 Å². The fourth-order valence-corrected chi connectivity index (χ4v) is 5.10. The predicted molar refractivity (Wildman–Crippen MR) is 133 cm³/mol. The molecular formula is C25H24N4O6S. The van der Waals surface area contributed by atoms with Crippen LogP contribution in [0.5, 0.6) is 5.75 Å². The molecule has 4 heterocycles.